The Labute approximate surface area is 111 Å². The molecular formula is C11H8INO4. The summed E-state index contributed by atoms with van der Waals surface area (Å²) in [6.45, 7) is 0. The first-order valence-corrected chi connectivity index (χ1v) is 5.98. The fraction of sp³-hybridized carbons (Fsp3) is 0.182. The van der Waals surface area contributed by atoms with Crippen molar-refractivity contribution in [1.29, 1.82) is 0 Å². The zero-order chi connectivity index (χ0) is 12.6. The summed E-state index contributed by atoms with van der Waals surface area (Å²) in [7, 11) is 0. The van der Waals surface area contributed by atoms with Crippen molar-refractivity contribution in [3.05, 3.63) is 27.3 Å². The molecule has 0 aromatic heterocycles. The minimum atomic E-state index is -1.07. The van der Waals surface area contributed by atoms with Crippen LogP contribution in [0, 0.1) is 3.57 Å². The zero-order valence-corrected chi connectivity index (χ0v) is 10.8. The van der Waals surface area contributed by atoms with Crippen molar-refractivity contribution in [2.75, 3.05) is 4.90 Å². The summed E-state index contributed by atoms with van der Waals surface area (Å²) >= 11 is 1.84. The van der Waals surface area contributed by atoms with Crippen LogP contribution in [0.5, 0.6) is 0 Å². The number of rotatable bonds is 2. The molecule has 1 fully saturated rings. The Hall–Kier alpha value is -1.44. The molecule has 88 valence electrons. The molecule has 1 aliphatic heterocycles. The highest BCUT2D eigenvalue weighted by Gasteiger charge is 2.32. The van der Waals surface area contributed by atoms with E-state index in [1.165, 1.54) is 12.1 Å². The molecule has 5 nitrogen and oxygen atoms in total. The van der Waals surface area contributed by atoms with Crippen LogP contribution < -0.4 is 4.90 Å². The van der Waals surface area contributed by atoms with Gasteiger partial charge in [0, 0.05) is 12.8 Å². The van der Waals surface area contributed by atoms with E-state index < -0.39 is 5.97 Å². The van der Waals surface area contributed by atoms with Crippen molar-refractivity contribution in [1.82, 2.24) is 0 Å². The van der Waals surface area contributed by atoms with Crippen LogP contribution in [0.1, 0.15) is 23.2 Å². The van der Waals surface area contributed by atoms with E-state index in [0.717, 1.165) is 4.90 Å². The smallest absolute Gasteiger partial charge is 0.336 e. The molecule has 1 aromatic carbocycles. The average Bonchev–Trinajstić information content (AvgIpc) is 2.59. The highest BCUT2D eigenvalue weighted by molar-refractivity contribution is 14.1. The number of carboxylic acid groups (broad SMARTS) is 1. The van der Waals surface area contributed by atoms with Crippen LogP contribution in [0.2, 0.25) is 0 Å². The summed E-state index contributed by atoms with van der Waals surface area (Å²) in [5.41, 5.74) is 0.452. The average molecular weight is 345 g/mol. The number of carboxylic acids is 1. The van der Waals surface area contributed by atoms with Gasteiger partial charge in [0.15, 0.2) is 0 Å². The van der Waals surface area contributed by atoms with E-state index in [-0.39, 0.29) is 30.2 Å². The van der Waals surface area contributed by atoms with Gasteiger partial charge in [-0.1, -0.05) is 6.07 Å². The standard InChI is InChI=1S/C11H8INO4/c12-10-6(11(16)17)2-1-3-7(10)13-8(14)4-5-9(13)15/h1-3H,4-5H2,(H,16,17). The summed E-state index contributed by atoms with van der Waals surface area (Å²) in [5, 5.41) is 8.97. The molecular weight excluding hydrogens is 337 g/mol. The van der Waals surface area contributed by atoms with Crippen LogP contribution in [-0.2, 0) is 9.59 Å². The van der Waals surface area contributed by atoms with Gasteiger partial charge in [0.25, 0.3) is 0 Å². The van der Waals surface area contributed by atoms with E-state index in [1.54, 1.807) is 6.07 Å². The Morgan fingerprint density at radius 2 is 1.82 bits per heavy atom. The van der Waals surface area contributed by atoms with Gasteiger partial charge in [-0.2, -0.15) is 0 Å². The third-order valence-corrected chi connectivity index (χ3v) is 3.63. The highest BCUT2D eigenvalue weighted by Crippen LogP contribution is 2.29. The van der Waals surface area contributed by atoms with Gasteiger partial charge in [-0.3, -0.25) is 9.59 Å². The SMILES string of the molecule is O=C(O)c1cccc(N2C(=O)CCC2=O)c1I. The Kier molecular flexibility index (Phi) is 3.14. The molecule has 17 heavy (non-hydrogen) atoms. The van der Waals surface area contributed by atoms with Crippen molar-refractivity contribution in [2.24, 2.45) is 0 Å². The molecule has 0 atom stereocenters. The number of aromatic carboxylic acids is 1. The number of nitrogens with zero attached hydrogens (tertiary/aromatic N) is 1. The van der Waals surface area contributed by atoms with Gasteiger partial charge in [0.05, 0.1) is 14.8 Å². The van der Waals surface area contributed by atoms with E-state index >= 15 is 0 Å². The largest absolute Gasteiger partial charge is 0.478 e. The maximum absolute atomic E-state index is 11.6. The van der Waals surface area contributed by atoms with Gasteiger partial charge in [-0.25, -0.2) is 9.69 Å². The molecule has 0 aliphatic carbocycles. The Morgan fingerprint density at radius 3 is 2.35 bits per heavy atom. The van der Waals surface area contributed by atoms with Crippen molar-refractivity contribution >= 4 is 46.1 Å². The summed E-state index contributed by atoms with van der Waals surface area (Å²) < 4.78 is 0.404. The first kappa shape index (κ1) is 12.0. The van der Waals surface area contributed by atoms with Crippen LogP contribution in [0.25, 0.3) is 0 Å². The molecule has 1 saturated heterocycles. The number of benzene rings is 1. The number of anilines is 1. The van der Waals surface area contributed by atoms with Crippen LogP contribution in [0.15, 0.2) is 18.2 Å². The van der Waals surface area contributed by atoms with Gasteiger partial charge in [0.2, 0.25) is 11.8 Å². The van der Waals surface area contributed by atoms with Crippen molar-refractivity contribution < 1.29 is 19.5 Å². The molecule has 0 radical (unpaired) electrons. The van der Waals surface area contributed by atoms with Gasteiger partial charge < -0.3 is 5.11 Å². The summed E-state index contributed by atoms with van der Waals surface area (Å²) in [5.74, 6) is -1.64. The predicted molar refractivity (Wildman–Crippen MR) is 67.8 cm³/mol. The highest BCUT2D eigenvalue weighted by atomic mass is 127. The first-order valence-electron chi connectivity index (χ1n) is 4.90. The minimum Gasteiger partial charge on any atom is -0.478 e. The number of hydrogen-bond donors (Lipinski definition) is 1. The third-order valence-electron chi connectivity index (χ3n) is 2.50. The summed E-state index contributed by atoms with van der Waals surface area (Å²) in [6, 6.07) is 4.55. The van der Waals surface area contributed by atoms with Gasteiger partial charge in [-0.15, -0.1) is 0 Å². The topological polar surface area (TPSA) is 74.7 Å². The number of halogens is 1. The first-order chi connectivity index (χ1) is 8.02. The summed E-state index contributed by atoms with van der Waals surface area (Å²) in [4.78, 5) is 35.2. The van der Waals surface area contributed by atoms with Crippen molar-refractivity contribution in [3.8, 4) is 0 Å². The molecule has 2 amide bonds. The lowest BCUT2D eigenvalue weighted by molar-refractivity contribution is -0.121. The molecule has 0 bridgehead atoms. The van der Waals surface area contributed by atoms with Crippen molar-refractivity contribution in [2.45, 2.75) is 12.8 Å². The number of hydrogen-bond acceptors (Lipinski definition) is 3. The Morgan fingerprint density at radius 1 is 1.24 bits per heavy atom. The van der Waals surface area contributed by atoms with E-state index in [2.05, 4.69) is 0 Å². The van der Waals surface area contributed by atoms with Crippen molar-refractivity contribution in [3.63, 3.8) is 0 Å². The Bertz CT molecular complexity index is 510. The lowest BCUT2D eigenvalue weighted by Crippen LogP contribution is -2.29. The van der Waals surface area contributed by atoms with Gasteiger partial charge in [-0.05, 0) is 34.7 Å². The Balaban J connectivity index is 2.53. The summed E-state index contributed by atoms with van der Waals surface area (Å²) in [6.07, 6.45) is 0.373. The molecule has 1 N–H and O–H groups in total. The lowest BCUT2D eigenvalue weighted by Gasteiger charge is -2.16. The maximum Gasteiger partial charge on any atom is 0.336 e. The lowest BCUT2D eigenvalue weighted by atomic mass is 10.2. The fourth-order valence-electron chi connectivity index (χ4n) is 1.70. The quantitative estimate of drug-likeness (QED) is 0.653. The molecule has 1 heterocycles. The molecule has 6 heteroatoms. The number of imide groups is 1. The zero-order valence-electron chi connectivity index (χ0n) is 8.64. The number of carbonyl (C=O) groups is 3. The van der Waals surface area contributed by atoms with Crippen LogP contribution in [0.4, 0.5) is 5.69 Å². The van der Waals surface area contributed by atoms with E-state index in [0.29, 0.717) is 9.26 Å². The van der Waals surface area contributed by atoms with E-state index in [4.69, 9.17) is 5.11 Å². The fourth-order valence-corrected chi connectivity index (χ4v) is 2.53. The molecule has 0 unspecified atom stereocenters. The van der Waals surface area contributed by atoms with Gasteiger partial charge in [0.1, 0.15) is 0 Å². The second kappa shape index (κ2) is 4.44. The molecule has 1 aromatic rings. The molecule has 0 saturated carbocycles. The predicted octanol–water partition coefficient (Wildman–Crippen LogP) is 1.64. The number of amides is 2. The second-order valence-electron chi connectivity index (χ2n) is 3.57. The maximum atomic E-state index is 11.6. The monoisotopic (exact) mass is 345 g/mol. The minimum absolute atomic E-state index is 0.0931. The normalized spacial score (nSPS) is 15.5. The van der Waals surface area contributed by atoms with E-state index in [1.807, 2.05) is 22.6 Å². The third kappa shape index (κ3) is 2.04. The van der Waals surface area contributed by atoms with Crippen LogP contribution in [0.3, 0.4) is 0 Å². The molecule has 2 rings (SSSR count). The molecule has 1 aliphatic rings. The van der Waals surface area contributed by atoms with Gasteiger partial charge >= 0.3 is 5.97 Å². The number of carbonyl (C=O) groups excluding carboxylic acids is 2. The van der Waals surface area contributed by atoms with Crippen LogP contribution >= 0.6 is 22.6 Å². The molecule has 0 spiro atoms. The second-order valence-corrected chi connectivity index (χ2v) is 4.65. The van der Waals surface area contributed by atoms with E-state index in [9.17, 15) is 14.4 Å². The van der Waals surface area contributed by atoms with Crippen LogP contribution in [-0.4, -0.2) is 22.9 Å².